The molecule has 0 aromatic carbocycles. The van der Waals surface area contributed by atoms with Crippen molar-refractivity contribution in [3.63, 3.8) is 0 Å². The number of anilines is 1. The molecule has 0 atom stereocenters. The van der Waals surface area contributed by atoms with Gasteiger partial charge in [-0.1, -0.05) is 0 Å². The standard InChI is InChI=1S/C8H13N3O4/c1-14-6(15-2)4-9-5-3-10-8(13)11-7(5)12/h3,6,9H,4H2,1-2H3,(H2,10,11,12,13). The zero-order valence-corrected chi connectivity index (χ0v) is 8.49. The van der Waals surface area contributed by atoms with E-state index in [0.717, 1.165) is 0 Å². The molecule has 0 unspecified atom stereocenters. The van der Waals surface area contributed by atoms with Crippen LogP contribution >= 0.6 is 0 Å². The average molecular weight is 215 g/mol. The Morgan fingerprint density at radius 2 is 2.07 bits per heavy atom. The van der Waals surface area contributed by atoms with Gasteiger partial charge in [0.1, 0.15) is 5.69 Å². The van der Waals surface area contributed by atoms with Crippen LogP contribution in [0.2, 0.25) is 0 Å². The Kier molecular flexibility index (Phi) is 4.07. The molecule has 0 fully saturated rings. The molecule has 0 aliphatic heterocycles. The minimum Gasteiger partial charge on any atom is -0.374 e. The predicted molar refractivity (Wildman–Crippen MR) is 54.0 cm³/mol. The summed E-state index contributed by atoms with van der Waals surface area (Å²) in [5, 5.41) is 2.78. The fraction of sp³-hybridized carbons (Fsp3) is 0.500. The van der Waals surface area contributed by atoms with Crippen molar-refractivity contribution in [2.45, 2.75) is 6.29 Å². The molecule has 0 saturated heterocycles. The minimum atomic E-state index is -0.541. The molecule has 0 aliphatic rings. The molecule has 7 heteroatoms. The highest BCUT2D eigenvalue weighted by atomic mass is 16.7. The number of methoxy groups -OCH3 is 2. The highest BCUT2D eigenvalue weighted by Gasteiger charge is 2.06. The van der Waals surface area contributed by atoms with Crippen LogP contribution in [-0.2, 0) is 9.47 Å². The van der Waals surface area contributed by atoms with Gasteiger partial charge in [0.2, 0.25) is 0 Å². The summed E-state index contributed by atoms with van der Waals surface area (Å²) in [4.78, 5) is 26.3. The number of rotatable bonds is 5. The molecular formula is C8H13N3O4. The molecule has 84 valence electrons. The Bertz CT molecular complexity index is 407. The maximum absolute atomic E-state index is 11.2. The minimum absolute atomic E-state index is 0.258. The second-order valence-electron chi connectivity index (χ2n) is 2.77. The van der Waals surface area contributed by atoms with Gasteiger partial charge in [0.15, 0.2) is 6.29 Å². The second-order valence-corrected chi connectivity index (χ2v) is 2.77. The first-order valence-corrected chi connectivity index (χ1v) is 4.29. The van der Waals surface area contributed by atoms with Gasteiger partial charge in [-0.25, -0.2) is 4.79 Å². The van der Waals surface area contributed by atoms with Crippen molar-refractivity contribution in [1.29, 1.82) is 0 Å². The number of hydrogen-bond acceptors (Lipinski definition) is 5. The number of H-pyrrole nitrogens is 2. The number of aromatic nitrogens is 2. The van der Waals surface area contributed by atoms with Crippen LogP contribution in [0.1, 0.15) is 0 Å². The first kappa shape index (κ1) is 11.5. The summed E-state index contributed by atoms with van der Waals surface area (Å²) < 4.78 is 9.83. The van der Waals surface area contributed by atoms with E-state index in [0.29, 0.717) is 6.54 Å². The monoisotopic (exact) mass is 215 g/mol. The number of ether oxygens (including phenoxy) is 2. The van der Waals surface area contributed by atoms with Crippen molar-refractivity contribution >= 4 is 5.69 Å². The zero-order valence-electron chi connectivity index (χ0n) is 8.49. The van der Waals surface area contributed by atoms with Crippen LogP contribution in [0, 0.1) is 0 Å². The maximum atomic E-state index is 11.2. The van der Waals surface area contributed by atoms with E-state index in [4.69, 9.17) is 9.47 Å². The highest BCUT2D eigenvalue weighted by molar-refractivity contribution is 5.37. The van der Waals surface area contributed by atoms with Crippen LogP contribution in [-0.4, -0.2) is 37.0 Å². The Morgan fingerprint density at radius 1 is 1.40 bits per heavy atom. The van der Waals surface area contributed by atoms with Crippen LogP contribution in [0.15, 0.2) is 15.8 Å². The molecule has 0 spiro atoms. The molecule has 0 amide bonds. The van der Waals surface area contributed by atoms with E-state index in [1.807, 2.05) is 0 Å². The van der Waals surface area contributed by atoms with Gasteiger partial charge >= 0.3 is 5.69 Å². The Morgan fingerprint density at radius 3 is 2.60 bits per heavy atom. The number of hydrogen-bond donors (Lipinski definition) is 3. The van der Waals surface area contributed by atoms with E-state index in [1.54, 1.807) is 0 Å². The topological polar surface area (TPSA) is 96.2 Å². The van der Waals surface area contributed by atoms with Gasteiger partial charge < -0.3 is 19.8 Å². The molecule has 0 radical (unpaired) electrons. The van der Waals surface area contributed by atoms with Crippen molar-refractivity contribution in [3.8, 4) is 0 Å². The second kappa shape index (κ2) is 5.32. The molecule has 1 aromatic rings. The van der Waals surface area contributed by atoms with Gasteiger partial charge in [-0.05, 0) is 0 Å². The van der Waals surface area contributed by atoms with E-state index >= 15 is 0 Å². The Balaban J connectivity index is 2.65. The van der Waals surface area contributed by atoms with E-state index in [1.165, 1.54) is 20.4 Å². The van der Waals surface area contributed by atoms with Crippen molar-refractivity contribution < 1.29 is 9.47 Å². The van der Waals surface area contributed by atoms with Crippen molar-refractivity contribution in [3.05, 3.63) is 27.0 Å². The van der Waals surface area contributed by atoms with Crippen LogP contribution in [0.5, 0.6) is 0 Å². The van der Waals surface area contributed by atoms with Crippen molar-refractivity contribution in [2.75, 3.05) is 26.1 Å². The Labute approximate surface area is 85.4 Å². The fourth-order valence-electron chi connectivity index (χ4n) is 0.997. The summed E-state index contributed by atoms with van der Waals surface area (Å²) in [5.74, 6) is 0. The van der Waals surface area contributed by atoms with Gasteiger partial charge in [0, 0.05) is 20.4 Å². The summed E-state index contributed by atoms with van der Waals surface area (Å²) in [6.07, 6.45) is 0.847. The van der Waals surface area contributed by atoms with Gasteiger partial charge in [0.25, 0.3) is 5.56 Å². The van der Waals surface area contributed by atoms with Crippen LogP contribution < -0.4 is 16.6 Å². The molecule has 15 heavy (non-hydrogen) atoms. The lowest BCUT2D eigenvalue weighted by molar-refractivity contribution is -0.0914. The van der Waals surface area contributed by atoms with Gasteiger partial charge in [-0.15, -0.1) is 0 Å². The third-order valence-corrected chi connectivity index (χ3v) is 1.80. The molecule has 0 saturated carbocycles. The zero-order chi connectivity index (χ0) is 11.3. The largest absolute Gasteiger partial charge is 0.374 e. The molecule has 0 bridgehead atoms. The summed E-state index contributed by atoms with van der Waals surface area (Å²) in [5.41, 5.74) is -0.765. The lowest BCUT2D eigenvalue weighted by Gasteiger charge is -2.13. The summed E-state index contributed by atoms with van der Waals surface area (Å²) in [6.45, 7) is 0.308. The molecule has 0 aliphatic carbocycles. The lowest BCUT2D eigenvalue weighted by atomic mass is 10.5. The van der Waals surface area contributed by atoms with Gasteiger partial charge in [-0.2, -0.15) is 0 Å². The van der Waals surface area contributed by atoms with E-state index in [2.05, 4.69) is 15.3 Å². The summed E-state index contributed by atoms with van der Waals surface area (Å²) >= 11 is 0. The predicted octanol–water partition coefficient (Wildman–Crippen LogP) is -0.906. The normalized spacial score (nSPS) is 10.6. The van der Waals surface area contributed by atoms with Gasteiger partial charge in [0.05, 0.1) is 6.54 Å². The molecule has 7 nitrogen and oxygen atoms in total. The van der Waals surface area contributed by atoms with E-state index < -0.39 is 17.5 Å². The Hall–Kier alpha value is -1.60. The molecule has 1 aromatic heterocycles. The third kappa shape index (κ3) is 3.22. The lowest BCUT2D eigenvalue weighted by Crippen LogP contribution is -2.29. The maximum Gasteiger partial charge on any atom is 0.325 e. The van der Waals surface area contributed by atoms with Crippen molar-refractivity contribution in [1.82, 2.24) is 9.97 Å². The highest BCUT2D eigenvalue weighted by Crippen LogP contribution is 1.95. The van der Waals surface area contributed by atoms with Crippen LogP contribution in [0.3, 0.4) is 0 Å². The summed E-state index contributed by atoms with van der Waals surface area (Å²) in [6, 6.07) is 0. The SMILES string of the molecule is COC(CNc1c[nH]c(=O)[nH]c1=O)OC. The average Bonchev–Trinajstić information content (AvgIpc) is 2.22. The van der Waals surface area contributed by atoms with Crippen molar-refractivity contribution in [2.24, 2.45) is 0 Å². The molecule has 1 rings (SSSR count). The first-order valence-electron chi connectivity index (χ1n) is 4.29. The van der Waals surface area contributed by atoms with Crippen LogP contribution in [0.4, 0.5) is 5.69 Å². The number of nitrogens with one attached hydrogen (secondary N) is 3. The smallest absolute Gasteiger partial charge is 0.325 e. The van der Waals surface area contributed by atoms with Crippen LogP contribution in [0.25, 0.3) is 0 Å². The quantitative estimate of drug-likeness (QED) is 0.553. The van der Waals surface area contributed by atoms with Gasteiger partial charge in [-0.3, -0.25) is 9.78 Å². The van der Waals surface area contributed by atoms with E-state index in [9.17, 15) is 9.59 Å². The summed E-state index contributed by atoms with van der Waals surface area (Å²) in [7, 11) is 2.99. The van der Waals surface area contributed by atoms with E-state index in [-0.39, 0.29) is 5.69 Å². The first-order chi connectivity index (χ1) is 7.17. The molecule has 1 heterocycles. The molecule has 3 N–H and O–H groups in total. The third-order valence-electron chi connectivity index (χ3n) is 1.80. The number of aromatic amines is 2. The molecular weight excluding hydrogens is 202 g/mol. The fourth-order valence-corrected chi connectivity index (χ4v) is 0.997.